The molecule has 28 heavy (non-hydrogen) atoms. The van der Waals surface area contributed by atoms with Crippen molar-refractivity contribution in [2.24, 2.45) is 4.99 Å². The van der Waals surface area contributed by atoms with Gasteiger partial charge in [-0.2, -0.15) is 0 Å². The number of unbranched alkanes of at least 4 members (excludes halogenated alkanes) is 1. The monoisotopic (exact) mass is 502 g/mol. The molecule has 1 heterocycles. The molecule has 1 saturated heterocycles. The minimum Gasteiger partial charge on any atom is -0.469 e. The van der Waals surface area contributed by atoms with Crippen LogP contribution >= 0.6 is 24.0 Å². The van der Waals surface area contributed by atoms with E-state index in [1.807, 2.05) is 0 Å². The highest BCUT2D eigenvalue weighted by Gasteiger charge is 2.25. The lowest BCUT2D eigenvalue weighted by molar-refractivity contribution is -0.140. The van der Waals surface area contributed by atoms with E-state index >= 15 is 0 Å². The third-order valence-electron chi connectivity index (χ3n) is 5.13. The van der Waals surface area contributed by atoms with E-state index in [9.17, 15) is 4.79 Å². The summed E-state index contributed by atoms with van der Waals surface area (Å²) in [6, 6.07) is 11.6. The van der Waals surface area contributed by atoms with Crippen LogP contribution in [0.1, 0.15) is 44.6 Å². The number of esters is 1. The molecule has 2 N–H and O–H groups in total. The maximum absolute atomic E-state index is 11.1. The first-order valence-electron chi connectivity index (χ1n) is 9.94. The maximum Gasteiger partial charge on any atom is 0.305 e. The zero-order chi connectivity index (χ0) is 19.5. The molecule has 2 atom stereocenters. The fourth-order valence-electron chi connectivity index (χ4n) is 3.50. The Morgan fingerprint density at radius 1 is 1.29 bits per heavy atom. The molecular weight excluding hydrogens is 467 g/mol. The highest BCUT2D eigenvalue weighted by Crippen LogP contribution is 2.19. The molecule has 0 bridgehead atoms. The molecule has 0 amide bonds. The third-order valence-corrected chi connectivity index (χ3v) is 5.13. The lowest BCUT2D eigenvalue weighted by atomic mass is 9.97. The number of ether oxygens (including phenoxy) is 1. The van der Waals surface area contributed by atoms with Gasteiger partial charge in [-0.25, -0.2) is 0 Å². The zero-order valence-electron chi connectivity index (χ0n) is 17.3. The molecular formula is C21H35IN4O2. The highest BCUT2D eigenvalue weighted by atomic mass is 127. The van der Waals surface area contributed by atoms with E-state index in [-0.39, 0.29) is 29.9 Å². The predicted octanol–water partition coefficient (Wildman–Crippen LogP) is 3.17. The van der Waals surface area contributed by atoms with Crippen molar-refractivity contribution < 1.29 is 9.53 Å². The lowest BCUT2D eigenvalue weighted by Crippen LogP contribution is -2.51. The number of hydrogen-bond acceptors (Lipinski definition) is 4. The van der Waals surface area contributed by atoms with Gasteiger partial charge < -0.3 is 15.4 Å². The van der Waals surface area contributed by atoms with Gasteiger partial charge in [-0.1, -0.05) is 30.3 Å². The third kappa shape index (κ3) is 8.77. The van der Waals surface area contributed by atoms with Gasteiger partial charge in [0.2, 0.25) is 0 Å². The molecule has 1 aliphatic rings. The highest BCUT2D eigenvalue weighted by molar-refractivity contribution is 14.0. The quantitative estimate of drug-likeness (QED) is 0.188. The molecule has 1 fully saturated rings. The van der Waals surface area contributed by atoms with Crippen LogP contribution in [-0.2, 0) is 16.1 Å². The topological polar surface area (TPSA) is 66.0 Å². The van der Waals surface area contributed by atoms with Crippen LogP contribution in [0.5, 0.6) is 0 Å². The fourth-order valence-corrected chi connectivity index (χ4v) is 3.50. The summed E-state index contributed by atoms with van der Waals surface area (Å²) in [5, 5.41) is 6.90. The molecule has 1 aromatic carbocycles. The van der Waals surface area contributed by atoms with Gasteiger partial charge in [-0.3, -0.25) is 14.7 Å². The van der Waals surface area contributed by atoms with E-state index in [0.717, 1.165) is 51.3 Å². The second-order valence-corrected chi connectivity index (χ2v) is 7.20. The Labute approximate surface area is 186 Å². The number of hydrogen-bond donors (Lipinski definition) is 2. The van der Waals surface area contributed by atoms with Crippen molar-refractivity contribution in [2.75, 3.05) is 27.2 Å². The number of guanidine groups is 1. The van der Waals surface area contributed by atoms with Crippen molar-refractivity contribution in [2.45, 2.75) is 57.7 Å². The number of halogens is 1. The number of nitrogens with one attached hydrogen (secondary N) is 2. The molecule has 6 nitrogen and oxygen atoms in total. The second kappa shape index (κ2) is 13.8. The van der Waals surface area contributed by atoms with Gasteiger partial charge in [-0.05, 0) is 38.2 Å². The summed E-state index contributed by atoms with van der Waals surface area (Å²) >= 11 is 0. The summed E-state index contributed by atoms with van der Waals surface area (Å²) in [4.78, 5) is 18.0. The van der Waals surface area contributed by atoms with E-state index in [4.69, 9.17) is 0 Å². The summed E-state index contributed by atoms with van der Waals surface area (Å²) in [7, 11) is 3.23. The fraction of sp³-hybridized carbons (Fsp3) is 0.619. The van der Waals surface area contributed by atoms with E-state index in [1.54, 1.807) is 7.05 Å². The van der Waals surface area contributed by atoms with Crippen molar-refractivity contribution in [1.82, 2.24) is 15.5 Å². The number of aliphatic imine (C=N–C) groups is 1. The molecule has 2 unspecified atom stereocenters. The molecule has 0 saturated carbocycles. The minimum absolute atomic E-state index is 0. The molecule has 158 valence electrons. The molecule has 0 aliphatic carbocycles. The summed E-state index contributed by atoms with van der Waals surface area (Å²) < 4.78 is 4.66. The molecule has 0 aromatic heterocycles. The SMILES string of the molecule is CN=C(NCCCCC(=O)OC)NC1CCN(Cc2ccccc2)C(C)C1.I. The van der Waals surface area contributed by atoms with Crippen LogP contribution < -0.4 is 10.6 Å². The minimum atomic E-state index is -0.145. The number of carbonyl (C=O) groups excluding carboxylic acids is 1. The van der Waals surface area contributed by atoms with E-state index < -0.39 is 0 Å². The van der Waals surface area contributed by atoms with Crippen LogP contribution in [0.15, 0.2) is 35.3 Å². The molecule has 1 aromatic rings. The Morgan fingerprint density at radius 2 is 2.04 bits per heavy atom. The van der Waals surface area contributed by atoms with Crippen molar-refractivity contribution in [3.63, 3.8) is 0 Å². The number of carbonyl (C=O) groups is 1. The van der Waals surface area contributed by atoms with Crippen LogP contribution in [0.2, 0.25) is 0 Å². The Balaban J connectivity index is 0.00000392. The number of benzene rings is 1. The van der Waals surface area contributed by atoms with Gasteiger partial charge in [0.1, 0.15) is 0 Å². The van der Waals surface area contributed by atoms with E-state index in [0.29, 0.717) is 18.5 Å². The van der Waals surface area contributed by atoms with Crippen molar-refractivity contribution in [3.8, 4) is 0 Å². The lowest BCUT2D eigenvalue weighted by Gasteiger charge is -2.38. The summed E-state index contributed by atoms with van der Waals surface area (Å²) in [5.74, 6) is 0.704. The normalized spacial score (nSPS) is 20.2. The molecule has 7 heteroatoms. The van der Waals surface area contributed by atoms with Crippen LogP contribution in [0.3, 0.4) is 0 Å². The van der Waals surface area contributed by atoms with Crippen molar-refractivity contribution >= 4 is 35.9 Å². The predicted molar refractivity (Wildman–Crippen MR) is 125 cm³/mol. The average molecular weight is 502 g/mol. The molecule has 2 rings (SSSR count). The van der Waals surface area contributed by atoms with Gasteiger partial charge in [0, 0.05) is 45.2 Å². The first kappa shape index (κ1) is 24.7. The Hall–Kier alpha value is -1.35. The van der Waals surface area contributed by atoms with Gasteiger partial charge in [0.05, 0.1) is 7.11 Å². The summed E-state index contributed by atoms with van der Waals surface area (Å²) in [6.07, 6.45) is 4.44. The van der Waals surface area contributed by atoms with Crippen LogP contribution in [-0.4, -0.2) is 56.2 Å². The average Bonchev–Trinajstić information content (AvgIpc) is 2.69. The van der Waals surface area contributed by atoms with E-state index in [2.05, 4.69) is 62.5 Å². The van der Waals surface area contributed by atoms with Crippen LogP contribution in [0.4, 0.5) is 0 Å². The number of likely N-dealkylation sites (tertiary alicyclic amines) is 1. The zero-order valence-corrected chi connectivity index (χ0v) is 19.6. The second-order valence-electron chi connectivity index (χ2n) is 7.20. The number of rotatable bonds is 8. The maximum atomic E-state index is 11.1. The smallest absolute Gasteiger partial charge is 0.305 e. The standard InChI is InChI=1S/C21H34N4O2.HI/c1-17-15-19(12-14-25(17)16-18-9-5-4-6-10-18)24-21(22-2)23-13-8-7-11-20(26)27-3;/h4-6,9-10,17,19H,7-8,11-16H2,1-3H3,(H2,22,23,24);1H. The molecule has 0 radical (unpaired) electrons. The summed E-state index contributed by atoms with van der Waals surface area (Å²) in [5.41, 5.74) is 1.38. The van der Waals surface area contributed by atoms with Crippen LogP contribution in [0, 0.1) is 0 Å². The van der Waals surface area contributed by atoms with Gasteiger partial charge in [0.15, 0.2) is 5.96 Å². The van der Waals surface area contributed by atoms with Gasteiger partial charge >= 0.3 is 5.97 Å². The Morgan fingerprint density at radius 3 is 2.68 bits per heavy atom. The van der Waals surface area contributed by atoms with Gasteiger partial charge in [0.25, 0.3) is 0 Å². The largest absolute Gasteiger partial charge is 0.469 e. The van der Waals surface area contributed by atoms with Gasteiger partial charge in [-0.15, -0.1) is 24.0 Å². The number of nitrogens with zero attached hydrogens (tertiary/aromatic N) is 2. The summed E-state index contributed by atoms with van der Waals surface area (Å²) in [6.45, 7) is 5.21. The Bertz CT molecular complexity index is 597. The van der Waals surface area contributed by atoms with Crippen molar-refractivity contribution in [3.05, 3.63) is 35.9 Å². The molecule has 1 aliphatic heterocycles. The number of piperidine rings is 1. The first-order valence-corrected chi connectivity index (χ1v) is 9.94. The van der Waals surface area contributed by atoms with Crippen LogP contribution in [0.25, 0.3) is 0 Å². The number of methoxy groups -OCH3 is 1. The molecule has 0 spiro atoms. The Kier molecular flexibility index (Phi) is 12.1. The van der Waals surface area contributed by atoms with E-state index in [1.165, 1.54) is 12.7 Å². The van der Waals surface area contributed by atoms with Crippen molar-refractivity contribution in [1.29, 1.82) is 0 Å². The first-order chi connectivity index (χ1) is 13.1.